The first-order valence-electron chi connectivity index (χ1n) is 10.5. The van der Waals surface area contributed by atoms with Gasteiger partial charge in [0, 0.05) is 35.3 Å². The van der Waals surface area contributed by atoms with Gasteiger partial charge < -0.3 is 9.47 Å². The van der Waals surface area contributed by atoms with Gasteiger partial charge in [0.1, 0.15) is 5.75 Å². The lowest BCUT2D eigenvalue weighted by molar-refractivity contribution is -0.118. The highest BCUT2D eigenvalue weighted by Crippen LogP contribution is 2.31. The average molecular weight is 464 g/mol. The van der Waals surface area contributed by atoms with Gasteiger partial charge in [0.2, 0.25) is 5.91 Å². The Morgan fingerprint density at radius 2 is 1.91 bits per heavy atom. The molecule has 0 aliphatic rings. The van der Waals surface area contributed by atoms with E-state index in [0.717, 1.165) is 22.2 Å². The number of aromatic nitrogens is 2. The maximum absolute atomic E-state index is 13.4. The third-order valence-electron chi connectivity index (χ3n) is 5.56. The van der Waals surface area contributed by atoms with Gasteiger partial charge in [-0.1, -0.05) is 18.2 Å². The summed E-state index contributed by atoms with van der Waals surface area (Å²) < 4.78 is 12.3. The number of hydrogen-bond donors (Lipinski definition) is 0. The van der Waals surface area contributed by atoms with Crippen LogP contribution in [0.4, 0.5) is 5.13 Å². The van der Waals surface area contributed by atoms with Crippen LogP contribution in [-0.2, 0) is 16.0 Å². The van der Waals surface area contributed by atoms with Crippen LogP contribution in [0, 0.1) is 6.92 Å². The molecule has 0 saturated heterocycles. The third kappa shape index (κ3) is 4.53. The smallest absolute Gasteiger partial charge is 0.262 e. The molecule has 0 spiro atoms. The second-order valence-corrected chi connectivity index (χ2v) is 8.36. The van der Waals surface area contributed by atoms with Crippen molar-refractivity contribution in [3.8, 4) is 5.75 Å². The molecule has 4 rings (SSSR count). The highest BCUT2D eigenvalue weighted by atomic mass is 32.1. The predicted octanol–water partition coefficient (Wildman–Crippen LogP) is 4.33. The number of fused-ring (bicyclic) bond motifs is 1. The fourth-order valence-electron chi connectivity index (χ4n) is 3.89. The van der Waals surface area contributed by atoms with E-state index in [-0.39, 0.29) is 18.2 Å². The fraction of sp³-hybridized carbons (Fsp3) is 0.240. The van der Waals surface area contributed by atoms with Crippen molar-refractivity contribution in [2.24, 2.45) is 0 Å². The summed E-state index contributed by atoms with van der Waals surface area (Å²) in [6.07, 6.45) is 1.79. The Hall–Kier alpha value is -3.49. The Morgan fingerprint density at radius 1 is 1.12 bits per heavy atom. The van der Waals surface area contributed by atoms with Crippen molar-refractivity contribution >= 4 is 39.2 Å². The van der Waals surface area contributed by atoms with Crippen molar-refractivity contribution in [1.29, 1.82) is 0 Å². The number of rotatable bonds is 8. The molecule has 0 N–H and O–H groups in total. The first kappa shape index (κ1) is 22.7. The van der Waals surface area contributed by atoms with Crippen LogP contribution in [0.2, 0.25) is 0 Å². The van der Waals surface area contributed by atoms with Crippen LogP contribution in [-0.4, -0.2) is 48.7 Å². The van der Waals surface area contributed by atoms with Crippen LogP contribution in [0.3, 0.4) is 0 Å². The molecule has 0 atom stereocenters. The van der Waals surface area contributed by atoms with E-state index in [4.69, 9.17) is 9.47 Å². The van der Waals surface area contributed by atoms with Gasteiger partial charge in [0.15, 0.2) is 5.13 Å². The van der Waals surface area contributed by atoms with Crippen molar-refractivity contribution in [1.82, 2.24) is 9.55 Å². The SMILES string of the molecule is COCCN(C(=O)Cc1c(C)n(C(=O)c2ccccc2)c2ccc(OC)cc12)c1nccs1. The number of nitrogens with zero attached hydrogens (tertiary/aromatic N) is 3. The Bertz CT molecular complexity index is 1270. The summed E-state index contributed by atoms with van der Waals surface area (Å²) in [5, 5.41) is 3.27. The summed E-state index contributed by atoms with van der Waals surface area (Å²) in [7, 11) is 3.20. The average Bonchev–Trinajstić information content (AvgIpc) is 3.46. The number of carbonyl (C=O) groups excluding carboxylic acids is 2. The number of hydrogen-bond acceptors (Lipinski definition) is 6. The number of thiazole rings is 1. The van der Waals surface area contributed by atoms with Crippen LogP contribution in [0.1, 0.15) is 21.6 Å². The van der Waals surface area contributed by atoms with Gasteiger partial charge in [-0.3, -0.25) is 19.1 Å². The fourth-order valence-corrected chi connectivity index (χ4v) is 4.58. The monoisotopic (exact) mass is 463 g/mol. The zero-order valence-electron chi connectivity index (χ0n) is 18.8. The van der Waals surface area contributed by atoms with Crippen LogP contribution in [0.25, 0.3) is 10.9 Å². The summed E-state index contributed by atoms with van der Waals surface area (Å²) in [6.45, 7) is 2.66. The number of anilines is 1. The van der Waals surface area contributed by atoms with Crippen LogP contribution < -0.4 is 9.64 Å². The van der Waals surface area contributed by atoms with Crippen molar-refractivity contribution in [3.05, 3.63) is 76.9 Å². The summed E-state index contributed by atoms with van der Waals surface area (Å²) in [6, 6.07) is 14.7. The van der Waals surface area contributed by atoms with Gasteiger partial charge in [-0.05, 0) is 42.8 Å². The topological polar surface area (TPSA) is 73.7 Å². The lowest BCUT2D eigenvalue weighted by Gasteiger charge is -2.19. The van der Waals surface area contributed by atoms with E-state index in [1.165, 1.54) is 11.3 Å². The summed E-state index contributed by atoms with van der Waals surface area (Å²) in [5.41, 5.74) is 2.83. The Morgan fingerprint density at radius 3 is 2.58 bits per heavy atom. The van der Waals surface area contributed by atoms with Crippen molar-refractivity contribution < 1.29 is 19.1 Å². The molecular weight excluding hydrogens is 438 g/mol. The summed E-state index contributed by atoms with van der Waals surface area (Å²) in [5.74, 6) is 0.411. The van der Waals surface area contributed by atoms with Gasteiger partial charge in [-0.25, -0.2) is 4.98 Å². The first-order chi connectivity index (χ1) is 16.0. The third-order valence-corrected chi connectivity index (χ3v) is 6.36. The van der Waals surface area contributed by atoms with E-state index in [1.807, 2.05) is 48.7 Å². The highest BCUT2D eigenvalue weighted by Gasteiger charge is 2.25. The van der Waals surface area contributed by atoms with E-state index in [9.17, 15) is 9.59 Å². The maximum Gasteiger partial charge on any atom is 0.262 e. The molecule has 33 heavy (non-hydrogen) atoms. The van der Waals surface area contributed by atoms with E-state index in [2.05, 4.69) is 4.98 Å². The van der Waals surface area contributed by atoms with Crippen molar-refractivity contribution in [2.75, 3.05) is 32.3 Å². The largest absolute Gasteiger partial charge is 0.497 e. The Balaban J connectivity index is 1.79. The molecule has 8 heteroatoms. The molecule has 1 amide bonds. The number of methoxy groups -OCH3 is 2. The second-order valence-electron chi connectivity index (χ2n) is 7.48. The molecule has 0 radical (unpaired) electrons. The minimum Gasteiger partial charge on any atom is -0.497 e. The zero-order chi connectivity index (χ0) is 23.4. The lowest BCUT2D eigenvalue weighted by atomic mass is 10.1. The molecule has 2 heterocycles. The first-order valence-corrected chi connectivity index (χ1v) is 11.4. The Kier molecular flexibility index (Phi) is 6.86. The van der Waals surface area contributed by atoms with Gasteiger partial charge in [0.25, 0.3) is 5.91 Å². The molecular formula is C25H25N3O4S. The van der Waals surface area contributed by atoms with Gasteiger partial charge in [-0.2, -0.15) is 0 Å². The highest BCUT2D eigenvalue weighted by molar-refractivity contribution is 7.13. The molecule has 7 nitrogen and oxygen atoms in total. The predicted molar refractivity (Wildman–Crippen MR) is 129 cm³/mol. The molecule has 0 unspecified atom stereocenters. The standard InChI is InChI=1S/C25H25N3O4S/c1-17-20(16-23(29)27(12-13-31-2)25-26-11-14-33-25)21-15-19(32-3)9-10-22(21)28(17)24(30)18-7-5-4-6-8-18/h4-11,14-15H,12-13,16H2,1-3H3. The van der Waals surface area contributed by atoms with Crippen LogP contribution in [0.15, 0.2) is 60.1 Å². The molecule has 2 aromatic carbocycles. The van der Waals surface area contributed by atoms with Crippen LogP contribution >= 0.6 is 11.3 Å². The minimum atomic E-state index is -0.141. The molecule has 170 valence electrons. The molecule has 4 aromatic rings. The zero-order valence-corrected chi connectivity index (χ0v) is 19.6. The van der Waals surface area contributed by atoms with E-state index < -0.39 is 0 Å². The number of carbonyl (C=O) groups is 2. The quantitative estimate of drug-likeness (QED) is 0.389. The van der Waals surface area contributed by atoms with E-state index >= 15 is 0 Å². The van der Waals surface area contributed by atoms with Crippen molar-refractivity contribution in [2.45, 2.75) is 13.3 Å². The Labute approximate surface area is 196 Å². The van der Waals surface area contributed by atoms with Gasteiger partial charge in [0.05, 0.1) is 32.2 Å². The van der Waals surface area contributed by atoms with E-state index in [1.54, 1.807) is 42.0 Å². The van der Waals surface area contributed by atoms with Crippen LogP contribution in [0.5, 0.6) is 5.75 Å². The number of amides is 1. The second kappa shape index (κ2) is 9.97. The molecule has 0 fully saturated rings. The van der Waals surface area contributed by atoms with Crippen molar-refractivity contribution in [3.63, 3.8) is 0 Å². The number of benzene rings is 2. The maximum atomic E-state index is 13.4. The van der Waals surface area contributed by atoms with Gasteiger partial charge >= 0.3 is 0 Å². The molecule has 0 aliphatic carbocycles. The molecule has 2 aromatic heterocycles. The lowest BCUT2D eigenvalue weighted by Crippen LogP contribution is -2.35. The molecule has 0 bridgehead atoms. The summed E-state index contributed by atoms with van der Waals surface area (Å²) >= 11 is 1.40. The molecule has 0 aliphatic heterocycles. The van der Waals surface area contributed by atoms with E-state index in [0.29, 0.717) is 29.6 Å². The summed E-state index contributed by atoms with van der Waals surface area (Å²) in [4.78, 5) is 32.8. The normalized spacial score (nSPS) is 11.0. The minimum absolute atomic E-state index is 0.112. The number of ether oxygens (including phenoxy) is 2. The molecule has 0 saturated carbocycles. The van der Waals surface area contributed by atoms with Gasteiger partial charge in [-0.15, -0.1) is 11.3 Å².